The molecule has 1 aliphatic rings. The number of morpholine rings is 1. The van der Waals surface area contributed by atoms with E-state index in [9.17, 15) is 4.79 Å². The fourth-order valence-electron chi connectivity index (χ4n) is 4.51. The number of amides is 1. The van der Waals surface area contributed by atoms with Crippen molar-refractivity contribution in [2.45, 2.75) is 6.42 Å². The zero-order valence-corrected chi connectivity index (χ0v) is 21.4. The SMILES string of the molecule is C=CC(=O)Nc1cc(Cc2nccc(-n3ccc4ccccc43)n2)c(OC)cc1OCCN1CCOCC1. The zero-order chi connectivity index (χ0) is 26.3. The summed E-state index contributed by atoms with van der Waals surface area (Å²) in [6, 6.07) is 15.8. The van der Waals surface area contributed by atoms with E-state index in [0.717, 1.165) is 55.1 Å². The first-order valence-corrected chi connectivity index (χ1v) is 12.6. The number of rotatable bonds is 10. The number of para-hydroxylation sites is 1. The molecular weight excluding hydrogens is 482 g/mol. The number of hydrogen-bond donors (Lipinski definition) is 1. The van der Waals surface area contributed by atoms with E-state index in [0.29, 0.717) is 36.0 Å². The predicted molar refractivity (Wildman–Crippen MR) is 146 cm³/mol. The second kappa shape index (κ2) is 11.9. The normalized spacial score (nSPS) is 13.8. The van der Waals surface area contributed by atoms with Crippen LogP contribution in [0.1, 0.15) is 11.4 Å². The second-order valence-electron chi connectivity index (χ2n) is 8.91. The minimum Gasteiger partial charge on any atom is -0.496 e. The van der Waals surface area contributed by atoms with Crippen molar-refractivity contribution in [3.63, 3.8) is 0 Å². The number of carbonyl (C=O) groups excluding carboxylic acids is 1. The highest BCUT2D eigenvalue weighted by molar-refractivity contribution is 6.00. The summed E-state index contributed by atoms with van der Waals surface area (Å²) in [6.07, 6.45) is 5.39. The van der Waals surface area contributed by atoms with Crippen LogP contribution in [0.2, 0.25) is 0 Å². The number of nitrogens with one attached hydrogen (secondary N) is 1. The minimum absolute atomic E-state index is 0.322. The van der Waals surface area contributed by atoms with Gasteiger partial charge in [-0.25, -0.2) is 9.97 Å². The molecule has 3 heterocycles. The van der Waals surface area contributed by atoms with Crippen molar-refractivity contribution < 1.29 is 19.0 Å². The Kier molecular flexibility index (Phi) is 7.96. The molecule has 1 saturated heterocycles. The van der Waals surface area contributed by atoms with Crippen molar-refractivity contribution in [1.29, 1.82) is 0 Å². The highest BCUT2D eigenvalue weighted by atomic mass is 16.5. The van der Waals surface area contributed by atoms with Gasteiger partial charge in [-0.2, -0.15) is 0 Å². The Morgan fingerprint density at radius 2 is 2.00 bits per heavy atom. The third-order valence-corrected chi connectivity index (χ3v) is 6.48. The Balaban J connectivity index is 1.40. The summed E-state index contributed by atoms with van der Waals surface area (Å²) in [5.74, 6) is 2.24. The van der Waals surface area contributed by atoms with Crippen molar-refractivity contribution in [3.05, 3.63) is 85.0 Å². The third kappa shape index (κ3) is 5.85. The number of methoxy groups -OCH3 is 1. The molecule has 0 spiro atoms. The highest BCUT2D eigenvalue weighted by Crippen LogP contribution is 2.34. The number of ether oxygens (including phenoxy) is 3. The van der Waals surface area contributed by atoms with E-state index in [1.54, 1.807) is 19.4 Å². The molecule has 0 atom stereocenters. The molecule has 196 valence electrons. The molecular formula is C29H31N5O4. The third-order valence-electron chi connectivity index (χ3n) is 6.48. The molecule has 2 aromatic carbocycles. The Morgan fingerprint density at radius 3 is 2.82 bits per heavy atom. The Labute approximate surface area is 221 Å². The van der Waals surface area contributed by atoms with Crippen LogP contribution in [0, 0.1) is 0 Å². The first-order chi connectivity index (χ1) is 18.6. The molecule has 0 aliphatic carbocycles. The quantitative estimate of drug-likeness (QED) is 0.322. The van der Waals surface area contributed by atoms with Gasteiger partial charge in [0.1, 0.15) is 29.7 Å². The maximum atomic E-state index is 12.2. The van der Waals surface area contributed by atoms with Gasteiger partial charge in [-0.1, -0.05) is 24.8 Å². The molecule has 0 bridgehead atoms. The number of aromatic nitrogens is 3. The van der Waals surface area contributed by atoms with Crippen LogP contribution in [0.3, 0.4) is 0 Å². The average molecular weight is 514 g/mol. The van der Waals surface area contributed by atoms with E-state index < -0.39 is 0 Å². The molecule has 38 heavy (non-hydrogen) atoms. The van der Waals surface area contributed by atoms with Crippen LogP contribution in [0.25, 0.3) is 16.7 Å². The highest BCUT2D eigenvalue weighted by Gasteiger charge is 2.17. The van der Waals surface area contributed by atoms with E-state index >= 15 is 0 Å². The molecule has 2 aromatic heterocycles. The minimum atomic E-state index is -0.322. The van der Waals surface area contributed by atoms with E-state index in [1.165, 1.54) is 6.08 Å². The number of nitrogens with zero attached hydrogens (tertiary/aromatic N) is 4. The molecule has 9 heteroatoms. The van der Waals surface area contributed by atoms with Crippen molar-refractivity contribution in [2.24, 2.45) is 0 Å². The first kappa shape index (κ1) is 25.4. The van der Waals surface area contributed by atoms with E-state index in [1.807, 2.05) is 35.0 Å². The second-order valence-corrected chi connectivity index (χ2v) is 8.91. The van der Waals surface area contributed by atoms with Gasteiger partial charge in [0.2, 0.25) is 5.91 Å². The van der Waals surface area contributed by atoms with Gasteiger partial charge >= 0.3 is 0 Å². The number of carbonyl (C=O) groups is 1. The monoisotopic (exact) mass is 513 g/mol. The molecule has 4 aromatic rings. The molecule has 1 fully saturated rings. The molecule has 9 nitrogen and oxygen atoms in total. The number of benzene rings is 2. The molecule has 0 unspecified atom stereocenters. The molecule has 5 rings (SSSR count). The zero-order valence-electron chi connectivity index (χ0n) is 21.4. The lowest BCUT2D eigenvalue weighted by atomic mass is 10.1. The molecule has 0 saturated carbocycles. The first-order valence-electron chi connectivity index (χ1n) is 12.6. The lowest BCUT2D eigenvalue weighted by Crippen LogP contribution is -2.38. The van der Waals surface area contributed by atoms with Crippen molar-refractivity contribution in [3.8, 4) is 17.3 Å². The maximum absolute atomic E-state index is 12.2. The Morgan fingerprint density at radius 1 is 1.16 bits per heavy atom. The van der Waals surface area contributed by atoms with E-state index in [2.05, 4.69) is 40.0 Å². The number of fused-ring (bicyclic) bond motifs is 1. The van der Waals surface area contributed by atoms with Crippen molar-refractivity contribution in [1.82, 2.24) is 19.4 Å². The summed E-state index contributed by atoms with van der Waals surface area (Å²) >= 11 is 0. The lowest BCUT2D eigenvalue weighted by molar-refractivity contribution is -0.111. The van der Waals surface area contributed by atoms with Gasteiger partial charge in [-0.3, -0.25) is 9.69 Å². The van der Waals surface area contributed by atoms with Gasteiger partial charge in [0.15, 0.2) is 0 Å². The van der Waals surface area contributed by atoms with Crippen LogP contribution in [0.4, 0.5) is 5.69 Å². The van der Waals surface area contributed by atoms with Crippen LogP contribution in [-0.2, 0) is 16.0 Å². The van der Waals surface area contributed by atoms with Gasteiger partial charge in [0, 0.05) is 50.1 Å². The van der Waals surface area contributed by atoms with Crippen LogP contribution < -0.4 is 14.8 Å². The summed E-state index contributed by atoms with van der Waals surface area (Å²) in [6.45, 7) is 8.01. The summed E-state index contributed by atoms with van der Waals surface area (Å²) < 4.78 is 19.2. The van der Waals surface area contributed by atoms with E-state index in [4.69, 9.17) is 19.2 Å². The smallest absolute Gasteiger partial charge is 0.247 e. The Hall–Kier alpha value is -4.21. The standard InChI is InChI=1S/C29H31N5O4/c1-3-29(35)31-23-18-22(25(36-2)20-26(23)38-17-14-33-12-15-37-16-13-33)19-27-30-10-8-28(32-27)34-11-9-21-6-4-5-7-24(21)34/h3-11,18,20H,1,12-17,19H2,2H3,(H,31,35). The van der Waals surface area contributed by atoms with Crippen molar-refractivity contribution >= 4 is 22.5 Å². The van der Waals surface area contributed by atoms with Crippen LogP contribution >= 0.6 is 0 Å². The maximum Gasteiger partial charge on any atom is 0.247 e. The van der Waals surface area contributed by atoms with Gasteiger partial charge in [-0.15, -0.1) is 0 Å². The summed E-state index contributed by atoms with van der Waals surface area (Å²) in [7, 11) is 1.61. The lowest BCUT2D eigenvalue weighted by Gasteiger charge is -2.26. The van der Waals surface area contributed by atoms with Crippen molar-refractivity contribution in [2.75, 3.05) is 51.9 Å². The number of anilines is 1. The van der Waals surface area contributed by atoms with Gasteiger partial charge in [0.05, 0.1) is 31.5 Å². The molecule has 1 N–H and O–H groups in total. The Bertz CT molecular complexity index is 1430. The van der Waals surface area contributed by atoms with Crippen LogP contribution in [-0.4, -0.2) is 71.9 Å². The fourth-order valence-corrected chi connectivity index (χ4v) is 4.51. The van der Waals surface area contributed by atoms with E-state index in [-0.39, 0.29) is 5.91 Å². The topological polar surface area (TPSA) is 90.7 Å². The van der Waals surface area contributed by atoms with Crippen LogP contribution in [0.15, 0.2) is 73.6 Å². The molecule has 1 aliphatic heterocycles. The molecule has 0 radical (unpaired) electrons. The molecule has 1 amide bonds. The number of hydrogen-bond acceptors (Lipinski definition) is 7. The predicted octanol–water partition coefficient (Wildman–Crippen LogP) is 3.86. The fraction of sp³-hybridized carbons (Fsp3) is 0.276. The van der Waals surface area contributed by atoms with Gasteiger partial charge in [-0.05, 0) is 35.7 Å². The average Bonchev–Trinajstić information content (AvgIpc) is 3.39. The summed E-state index contributed by atoms with van der Waals surface area (Å²) in [5, 5.41) is 4.00. The van der Waals surface area contributed by atoms with Gasteiger partial charge in [0.25, 0.3) is 0 Å². The summed E-state index contributed by atoms with van der Waals surface area (Å²) in [4.78, 5) is 23.8. The van der Waals surface area contributed by atoms with Crippen LogP contribution in [0.5, 0.6) is 11.5 Å². The largest absolute Gasteiger partial charge is 0.496 e. The van der Waals surface area contributed by atoms with Gasteiger partial charge < -0.3 is 24.1 Å². The summed E-state index contributed by atoms with van der Waals surface area (Å²) in [5.41, 5.74) is 2.44.